The molecule has 0 bridgehead atoms. The Labute approximate surface area is 122 Å². The fourth-order valence-corrected chi connectivity index (χ4v) is 2.97. The molecule has 0 saturated heterocycles. The molecule has 1 aliphatic carbocycles. The van der Waals surface area contributed by atoms with E-state index in [2.05, 4.69) is 67.7 Å². The maximum Gasteiger partial charge on any atom is 0.0581 e. The van der Waals surface area contributed by atoms with Gasteiger partial charge in [0.2, 0.25) is 0 Å². The smallest absolute Gasteiger partial charge is 0.0581 e. The van der Waals surface area contributed by atoms with Crippen LogP contribution in [0.15, 0.2) is 48.5 Å². The van der Waals surface area contributed by atoms with Crippen molar-refractivity contribution in [2.24, 2.45) is 0 Å². The fraction of sp³-hybridized carbons (Fsp3) is 0.368. The van der Waals surface area contributed by atoms with Crippen molar-refractivity contribution >= 4 is 0 Å². The predicted octanol–water partition coefficient (Wildman–Crippen LogP) is 4.53. The van der Waals surface area contributed by atoms with Gasteiger partial charge in [0, 0.05) is 6.04 Å². The van der Waals surface area contributed by atoms with Gasteiger partial charge in [0.15, 0.2) is 0 Å². The summed E-state index contributed by atoms with van der Waals surface area (Å²) in [5.74, 6) is 0. The Kier molecular flexibility index (Phi) is 3.88. The highest BCUT2D eigenvalue weighted by Crippen LogP contribution is 2.29. The largest absolute Gasteiger partial charge is 0.303 e. The van der Waals surface area contributed by atoms with Gasteiger partial charge >= 0.3 is 0 Å². The van der Waals surface area contributed by atoms with Crippen molar-refractivity contribution in [3.05, 3.63) is 70.8 Å². The second kappa shape index (κ2) is 5.80. The van der Waals surface area contributed by atoms with Crippen LogP contribution in [0.5, 0.6) is 0 Å². The molecule has 1 N–H and O–H groups in total. The Bertz CT molecular complexity index is 570. The molecule has 2 aromatic carbocycles. The van der Waals surface area contributed by atoms with Crippen molar-refractivity contribution in [3.8, 4) is 0 Å². The Morgan fingerprint density at radius 1 is 1.00 bits per heavy atom. The minimum absolute atomic E-state index is 0.321. The summed E-state index contributed by atoms with van der Waals surface area (Å²) in [6, 6.07) is 18.6. The van der Waals surface area contributed by atoms with Gasteiger partial charge in [-0.25, -0.2) is 0 Å². The maximum atomic E-state index is 3.85. The first-order valence-electron chi connectivity index (χ1n) is 7.62. The van der Waals surface area contributed by atoms with Crippen molar-refractivity contribution < 1.29 is 0 Å². The first-order chi connectivity index (χ1) is 9.74. The van der Waals surface area contributed by atoms with Gasteiger partial charge in [0.05, 0.1) is 6.04 Å². The van der Waals surface area contributed by atoms with Crippen LogP contribution >= 0.6 is 0 Å². The molecule has 0 heterocycles. The highest BCUT2D eigenvalue weighted by molar-refractivity contribution is 5.39. The van der Waals surface area contributed by atoms with E-state index in [1.165, 1.54) is 41.5 Å². The molecule has 20 heavy (non-hydrogen) atoms. The van der Waals surface area contributed by atoms with Crippen LogP contribution in [0.3, 0.4) is 0 Å². The van der Waals surface area contributed by atoms with E-state index in [-0.39, 0.29) is 0 Å². The van der Waals surface area contributed by atoms with Gasteiger partial charge in [-0.15, -0.1) is 0 Å². The molecule has 2 aromatic rings. The Balaban J connectivity index is 1.95. The molecule has 1 aliphatic rings. The number of rotatable bonds is 4. The molecule has 1 nitrogen and oxygen atoms in total. The zero-order valence-corrected chi connectivity index (χ0v) is 12.4. The monoisotopic (exact) mass is 265 g/mol. The Morgan fingerprint density at radius 2 is 1.75 bits per heavy atom. The van der Waals surface area contributed by atoms with E-state index in [4.69, 9.17) is 0 Å². The number of hydrogen-bond donors (Lipinski definition) is 1. The van der Waals surface area contributed by atoms with Crippen LogP contribution in [-0.4, -0.2) is 6.04 Å². The van der Waals surface area contributed by atoms with Gasteiger partial charge in [0.25, 0.3) is 0 Å². The molecule has 1 heteroatoms. The zero-order chi connectivity index (χ0) is 13.9. The van der Waals surface area contributed by atoms with Gasteiger partial charge in [-0.1, -0.05) is 60.5 Å². The molecule has 3 rings (SSSR count). The van der Waals surface area contributed by atoms with Crippen LogP contribution in [0.25, 0.3) is 0 Å². The van der Waals surface area contributed by atoms with Crippen LogP contribution in [0.1, 0.15) is 47.6 Å². The molecule has 104 valence electrons. The average Bonchev–Trinajstić information content (AvgIpc) is 2.40. The molecular formula is C19H23N. The summed E-state index contributed by atoms with van der Waals surface area (Å²) in [6.07, 6.45) is 3.99. The molecule has 1 saturated carbocycles. The van der Waals surface area contributed by atoms with E-state index in [1.807, 2.05) is 0 Å². The van der Waals surface area contributed by atoms with Crippen LogP contribution in [0, 0.1) is 13.8 Å². The van der Waals surface area contributed by atoms with Crippen molar-refractivity contribution in [2.75, 3.05) is 0 Å². The fourth-order valence-electron chi connectivity index (χ4n) is 2.97. The Morgan fingerprint density at radius 3 is 2.35 bits per heavy atom. The van der Waals surface area contributed by atoms with Gasteiger partial charge in [0.1, 0.15) is 0 Å². The lowest BCUT2D eigenvalue weighted by molar-refractivity contribution is 0.320. The van der Waals surface area contributed by atoms with Crippen molar-refractivity contribution in [2.45, 2.75) is 45.2 Å². The van der Waals surface area contributed by atoms with Crippen LogP contribution < -0.4 is 5.32 Å². The SMILES string of the molecule is Cc1ccc(C(NC2CCC2)c2ccccc2)c(C)c1. The third-order valence-electron chi connectivity index (χ3n) is 4.38. The second-order valence-corrected chi connectivity index (χ2v) is 6.00. The third-order valence-corrected chi connectivity index (χ3v) is 4.38. The molecule has 0 spiro atoms. The van der Waals surface area contributed by atoms with Crippen molar-refractivity contribution in [1.29, 1.82) is 0 Å². The van der Waals surface area contributed by atoms with E-state index < -0.39 is 0 Å². The van der Waals surface area contributed by atoms with Gasteiger partial charge in [-0.3, -0.25) is 0 Å². The molecule has 1 atom stereocenters. The summed E-state index contributed by atoms with van der Waals surface area (Å²) in [5.41, 5.74) is 5.49. The van der Waals surface area contributed by atoms with Crippen molar-refractivity contribution in [1.82, 2.24) is 5.32 Å². The topological polar surface area (TPSA) is 12.0 Å². The van der Waals surface area contributed by atoms with E-state index in [0.717, 1.165) is 0 Å². The zero-order valence-electron chi connectivity index (χ0n) is 12.4. The van der Waals surface area contributed by atoms with Crippen LogP contribution in [0.4, 0.5) is 0 Å². The average molecular weight is 265 g/mol. The van der Waals surface area contributed by atoms with Crippen LogP contribution in [-0.2, 0) is 0 Å². The molecule has 0 aromatic heterocycles. The molecular weight excluding hydrogens is 242 g/mol. The molecule has 0 amide bonds. The highest BCUT2D eigenvalue weighted by Gasteiger charge is 2.23. The summed E-state index contributed by atoms with van der Waals surface area (Å²) in [7, 11) is 0. The first-order valence-corrected chi connectivity index (χ1v) is 7.62. The molecule has 0 radical (unpaired) electrons. The van der Waals surface area contributed by atoms with Crippen molar-refractivity contribution in [3.63, 3.8) is 0 Å². The highest BCUT2D eigenvalue weighted by atomic mass is 15.0. The van der Waals surface area contributed by atoms with E-state index in [9.17, 15) is 0 Å². The molecule has 1 fully saturated rings. The Hall–Kier alpha value is -1.60. The first kappa shape index (κ1) is 13.4. The lowest BCUT2D eigenvalue weighted by Crippen LogP contribution is -2.38. The normalized spacial score (nSPS) is 16.7. The summed E-state index contributed by atoms with van der Waals surface area (Å²) < 4.78 is 0. The number of benzene rings is 2. The van der Waals surface area contributed by atoms with E-state index >= 15 is 0 Å². The van der Waals surface area contributed by atoms with E-state index in [0.29, 0.717) is 12.1 Å². The van der Waals surface area contributed by atoms with Gasteiger partial charge in [-0.05, 0) is 43.4 Å². The third kappa shape index (κ3) is 2.78. The summed E-state index contributed by atoms with van der Waals surface area (Å²) in [6.45, 7) is 4.38. The number of hydrogen-bond acceptors (Lipinski definition) is 1. The number of aryl methyl sites for hydroxylation is 2. The second-order valence-electron chi connectivity index (χ2n) is 6.00. The summed E-state index contributed by atoms with van der Waals surface area (Å²) >= 11 is 0. The van der Waals surface area contributed by atoms with Gasteiger partial charge < -0.3 is 5.32 Å². The summed E-state index contributed by atoms with van der Waals surface area (Å²) in [4.78, 5) is 0. The minimum atomic E-state index is 0.321. The predicted molar refractivity (Wildman–Crippen MR) is 85.0 cm³/mol. The molecule has 0 aliphatic heterocycles. The quantitative estimate of drug-likeness (QED) is 0.856. The standard InChI is InChI=1S/C19H23N/c1-14-11-12-18(15(2)13-14)19(20-17-9-6-10-17)16-7-4-3-5-8-16/h3-5,7-8,11-13,17,19-20H,6,9-10H2,1-2H3. The molecule has 1 unspecified atom stereocenters. The lowest BCUT2D eigenvalue weighted by atomic mass is 9.88. The minimum Gasteiger partial charge on any atom is -0.303 e. The van der Waals surface area contributed by atoms with E-state index in [1.54, 1.807) is 0 Å². The summed E-state index contributed by atoms with van der Waals surface area (Å²) in [5, 5.41) is 3.85. The lowest BCUT2D eigenvalue weighted by Gasteiger charge is -2.33. The van der Waals surface area contributed by atoms with Crippen LogP contribution in [0.2, 0.25) is 0 Å². The van der Waals surface area contributed by atoms with Gasteiger partial charge in [-0.2, -0.15) is 0 Å². The number of nitrogens with one attached hydrogen (secondary N) is 1. The maximum absolute atomic E-state index is 3.85.